The third kappa shape index (κ3) is 1.87. The molecule has 1 saturated heterocycles. The molecule has 4 nitrogen and oxygen atoms in total. The molecule has 2 saturated carbocycles. The normalized spacial score (nSPS) is 33.7. The quantitative estimate of drug-likeness (QED) is 0.868. The van der Waals surface area contributed by atoms with Gasteiger partial charge in [0.05, 0.1) is 18.5 Å². The first-order valence-electron chi connectivity index (χ1n) is 7.50. The highest BCUT2D eigenvalue weighted by atomic mass is 19.1. The Morgan fingerprint density at radius 2 is 1.62 bits per heavy atom. The summed E-state index contributed by atoms with van der Waals surface area (Å²) in [7, 11) is 0. The average molecular weight is 288 g/mol. The summed E-state index contributed by atoms with van der Waals surface area (Å²) in [4.78, 5) is 26.3. The van der Waals surface area contributed by atoms with Gasteiger partial charge in [-0.05, 0) is 55.4 Å². The summed E-state index contributed by atoms with van der Waals surface area (Å²) >= 11 is 0. The minimum atomic E-state index is -0.306. The maximum absolute atomic E-state index is 12.9. The van der Waals surface area contributed by atoms with E-state index in [0.717, 1.165) is 19.3 Å². The molecule has 2 amide bonds. The topological polar surface area (TPSA) is 49.4 Å². The molecule has 1 heterocycles. The average Bonchev–Trinajstić information content (AvgIpc) is 3.14. The highest BCUT2D eigenvalue weighted by Crippen LogP contribution is 2.55. The SMILES string of the molecule is O=C1[C@H]2[C@H]3CC[C@@H](C3)[C@@H]2C(=O)N1CNc1ccc(F)cc1. The van der Waals surface area contributed by atoms with Gasteiger partial charge >= 0.3 is 0 Å². The number of nitrogens with zero attached hydrogens (tertiary/aromatic N) is 1. The van der Waals surface area contributed by atoms with E-state index in [1.165, 1.54) is 17.0 Å². The van der Waals surface area contributed by atoms with E-state index in [1.807, 2.05) is 0 Å². The smallest absolute Gasteiger partial charge is 0.234 e. The van der Waals surface area contributed by atoms with Crippen LogP contribution in [0.5, 0.6) is 0 Å². The first-order chi connectivity index (χ1) is 10.1. The van der Waals surface area contributed by atoms with Crippen LogP contribution in [0.25, 0.3) is 0 Å². The number of hydrogen-bond donors (Lipinski definition) is 1. The van der Waals surface area contributed by atoms with Crippen LogP contribution >= 0.6 is 0 Å². The number of rotatable bonds is 3. The van der Waals surface area contributed by atoms with Crippen molar-refractivity contribution in [2.24, 2.45) is 23.7 Å². The summed E-state index contributed by atoms with van der Waals surface area (Å²) < 4.78 is 12.9. The fourth-order valence-corrected chi connectivity index (χ4v) is 4.36. The van der Waals surface area contributed by atoms with Crippen molar-refractivity contribution in [1.29, 1.82) is 0 Å². The van der Waals surface area contributed by atoms with E-state index in [0.29, 0.717) is 17.5 Å². The van der Waals surface area contributed by atoms with Crippen LogP contribution in [0, 0.1) is 29.5 Å². The van der Waals surface area contributed by atoms with E-state index in [2.05, 4.69) is 5.32 Å². The van der Waals surface area contributed by atoms with E-state index in [9.17, 15) is 14.0 Å². The lowest BCUT2D eigenvalue weighted by molar-refractivity contribution is -0.140. The summed E-state index contributed by atoms with van der Waals surface area (Å²) in [6, 6.07) is 5.91. The number of carbonyl (C=O) groups is 2. The van der Waals surface area contributed by atoms with E-state index < -0.39 is 0 Å². The van der Waals surface area contributed by atoms with Crippen LogP contribution in [0.4, 0.5) is 10.1 Å². The Labute approximate surface area is 122 Å². The van der Waals surface area contributed by atoms with Crippen molar-refractivity contribution in [1.82, 2.24) is 4.90 Å². The highest BCUT2D eigenvalue weighted by Gasteiger charge is 2.60. The van der Waals surface area contributed by atoms with E-state index >= 15 is 0 Å². The van der Waals surface area contributed by atoms with Crippen molar-refractivity contribution in [2.75, 3.05) is 12.0 Å². The summed E-state index contributed by atoms with van der Waals surface area (Å²) in [5, 5.41) is 3.03. The number of imide groups is 1. The Balaban J connectivity index is 1.48. The minimum absolute atomic E-state index is 0.0215. The minimum Gasteiger partial charge on any atom is -0.367 e. The Bertz CT molecular complexity index is 573. The second kappa shape index (κ2) is 4.55. The van der Waals surface area contributed by atoms with Crippen molar-refractivity contribution in [3.05, 3.63) is 30.1 Å². The fourth-order valence-electron chi connectivity index (χ4n) is 4.36. The zero-order valence-electron chi connectivity index (χ0n) is 11.6. The molecule has 0 radical (unpaired) electrons. The summed E-state index contributed by atoms with van der Waals surface area (Å²) in [6.07, 6.45) is 3.22. The molecule has 0 unspecified atom stereocenters. The molecule has 3 fully saturated rings. The number of halogens is 1. The van der Waals surface area contributed by atoms with E-state index in [4.69, 9.17) is 0 Å². The molecule has 110 valence electrons. The van der Waals surface area contributed by atoms with Gasteiger partial charge in [0, 0.05) is 5.69 Å². The van der Waals surface area contributed by atoms with Gasteiger partial charge < -0.3 is 5.32 Å². The molecule has 2 aliphatic carbocycles. The van der Waals surface area contributed by atoms with Crippen LogP contribution in [-0.4, -0.2) is 23.4 Å². The molecule has 5 heteroatoms. The van der Waals surface area contributed by atoms with Crippen molar-refractivity contribution in [3.8, 4) is 0 Å². The molecule has 3 aliphatic rings. The van der Waals surface area contributed by atoms with Crippen molar-refractivity contribution >= 4 is 17.5 Å². The Morgan fingerprint density at radius 1 is 1.05 bits per heavy atom. The van der Waals surface area contributed by atoms with Gasteiger partial charge in [-0.1, -0.05) is 0 Å². The molecular weight excluding hydrogens is 271 g/mol. The van der Waals surface area contributed by atoms with Crippen LogP contribution in [0.2, 0.25) is 0 Å². The molecule has 0 spiro atoms. The number of anilines is 1. The van der Waals surface area contributed by atoms with Gasteiger partial charge in [0.15, 0.2) is 0 Å². The summed E-state index contributed by atoms with van der Waals surface area (Å²) in [5.74, 6) is 0.315. The van der Waals surface area contributed by atoms with E-state index in [1.54, 1.807) is 12.1 Å². The van der Waals surface area contributed by atoms with Gasteiger partial charge in [-0.3, -0.25) is 14.5 Å². The van der Waals surface area contributed by atoms with Gasteiger partial charge in [0.2, 0.25) is 11.8 Å². The molecule has 21 heavy (non-hydrogen) atoms. The zero-order chi connectivity index (χ0) is 14.6. The van der Waals surface area contributed by atoms with Gasteiger partial charge in [0.1, 0.15) is 5.82 Å². The molecular formula is C16H17FN2O2. The number of hydrogen-bond acceptors (Lipinski definition) is 3. The number of benzene rings is 1. The number of amides is 2. The van der Waals surface area contributed by atoms with Crippen LogP contribution in [-0.2, 0) is 9.59 Å². The number of nitrogens with one attached hydrogen (secondary N) is 1. The standard InChI is InChI=1S/C16H17FN2O2/c17-11-3-5-12(6-4-11)18-8-19-15(20)13-9-1-2-10(7-9)14(13)16(19)21/h3-6,9-10,13-14,18H,1-2,7-8H2/t9-,10-,13-,14-/m0/s1. The highest BCUT2D eigenvalue weighted by molar-refractivity contribution is 6.06. The molecule has 0 aromatic heterocycles. The molecule has 4 rings (SSSR count). The lowest BCUT2D eigenvalue weighted by Gasteiger charge is -2.19. The maximum atomic E-state index is 12.9. The first-order valence-corrected chi connectivity index (χ1v) is 7.50. The number of likely N-dealkylation sites (tertiary alicyclic amines) is 1. The van der Waals surface area contributed by atoms with Crippen LogP contribution in [0.1, 0.15) is 19.3 Å². The van der Waals surface area contributed by atoms with Crippen LogP contribution in [0.3, 0.4) is 0 Å². The zero-order valence-corrected chi connectivity index (χ0v) is 11.6. The summed E-state index contributed by atoms with van der Waals surface area (Å²) in [6.45, 7) is 0.176. The van der Waals surface area contributed by atoms with Gasteiger partial charge in [-0.2, -0.15) is 0 Å². The maximum Gasteiger partial charge on any atom is 0.234 e. The molecule has 1 aliphatic heterocycles. The molecule has 4 atom stereocenters. The second-order valence-corrected chi connectivity index (χ2v) is 6.33. The Morgan fingerprint density at radius 3 is 2.19 bits per heavy atom. The monoisotopic (exact) mass is 288 g/mol. The van der Waals surface area contributed by atoms with Gasteiger partial charge in [-0.25, -0.2) is 4.39 Å². The predicted octanol–water partition coefficient (Wildman–Crippen LogP) is 2.23. The Hall–Kier alpha value is -1.91. The van der Waals surface area contributed by atoms with Crippen LogP contribution < -0.4 is 5.32 Å². The summed E-state index contributed by atoms with van der Waals surface area (Å²) in [5.41, 5.74) is 0.706. The lowest BCUT2D eigenvalue weighted by Crippen LogP contribution is -2.36. The first kappa shape index (κ1) is 12.8. The molecule has 1 aromatic rings. The number of carbonyl (C=O) groups excluding carboxylic acids is 2. The van der Waals surface area contributed by atoms with Gasteiger partial charge in [0.25, 0.3) is 0 Å². The Kier molecular flexibility index (Phi) is 2.77. The number of fused-ring (bicyclic) bond motifs is 5. The van der Waals surface area contributed by atoms with Crippen molar-refractivity contribution in [2.45, 2.75) is 19.3 Å². The molecule has 1 N–H and O–H groups in total. The fraction of sp³-hybridized carbons (Fsp3) is 0.500. The van der Waals surface area contributed by atoms with Crippen LogP contribution in [0.15, 0.2) is 24.3 Å². The second-order valence-electron chi connectivity index (χ2n) is 6.33. The van der Waals surface area contributed by atoms with E-state index in [-0.39, 0.29) is 36.1 Å². The van der Waals surface area contributed by atoms with Gasteiger partial charge in [-0.15, -0.1) is 0 Å². The molecule has 1 aromatic carbocycles. The van der Waals surface area contributed by atoms with Crippen molar-refractivity contribution < 1.29 is 14.0 Å². The third-order valence-corrected chi connectivity index (χ3v) is 5.30. The van der Waals surface area contributed by atoms with Crippen molar-refractivity contribution in [3.63, 3.8) is 0 Å². The predicted molar refractivity (Wildman–Crippen MR) is 74.6 cm³/mol. The third-order valence-electron chi connectivity index (χ3n) is 5.30. The lowest BCUT2D eigenvalue weighted by atomic mass is 9.81. The largest absolute Gasteiger partial charge is 0.367 e. The molecule has 2 bridgehead atoms.